The minimum absolute atomic E-state index is 0.0303. The zero-order valence-electron chi connectivity index (χ0n) is 9.56. The Morgan fingerprint density at radius 1 is 1.62 bits per heavy atom. The minimum Gasteiger partial charge on any atom is -0.492 e. The van der Waals surface area contributed by atoms with E-state index < -0.39 is 0 Å². The number of rotatable bonds is 4. The van der Waals surface area contributed by atoms with Crippen LogP contribution in [0.5, 0.6) is 5.75 Å². The maximum atomic E-state index is 5.72. The van der Waals surface area contributed by atoms with E-state index in [1.54, 1.807) is 6.20 Å². The van der Waals surface area contributed by atoms with Gasteiger partial charge >= 0.3 is 0 Å². The first-order valence-corrected chi connectivity index (χ1v) is 5.68. The van der Waals surface area contributed by atoms with Crippen LogP contribution in [0.25, 0.3) is 0 Å². The van der Waals surface area contributed by atoms with E-state index in [0.29, 0.717) is 12.5 Å². The fourth-order valence-corrected chi connectivity index (χ4v) is 1.68. The van der Waals surface area contributed by atoms with Crippen molar-refractivity contribution < 1.29 is 9.47 Å². The normalized spacial score (nSPS) is 22.0. The minimum atomic E-state index is -0.0303. The first kappa shape index (κ1) is 11.4. The molecule has 1 aliphatic heterocycles. The van der Waals surface area contributed by atoms with Gasteiger partial charge in [-0.3, -0.25) is 4.98 Å². The van der Waals surface area contributed by atoms with Crippen LogP contribution in [-0.2, 0) is 4.74 Å². The zero-order valence-corrected chi connectivity index (χ0v) is 9.56. The summed E-state index contributed by atoms with van der Waals surface area (Å²) in [6, 6.07) is 3.80. The summed E-state index contributed by atoms with van der Waals surface area (Å²) in [5.41, 5.74) is 6.60. The van der Waals surface area contributed by atoms with E-state index in [-0.39, 0.29) is 6.04 Å². The molecular formula is C12H18N2O2. The van der Waals surface area contributed by atoms with Crippen molar-refractivity contribution in [2.45, 2.75) is 19.4 Å². The van der Waals surface area contributed by atoms with Crippen molar-refractivity contribution in [3.05, 3.63) is 24.0 Å². The number of nitrogens with zero attached hydrogens (tertiary/aromatic N) is 1. The van der Waals surface area contributed by atoms with Crippen LogP contribution < -0.4 is 10.5 Å². The van der Waals surface area contributed by atoms with Gasteiger partial charge in [0.25, 0.3) is 0 Å². The van der Waals surface area contributed by atoms with Crippen molar-refractivity contribution in [2.75, 3.05) is 19.8 Å². The van der Waals surface area contributed by atoms with Gasteiger partial charge in [0.1, 0.15) is 5.75 Å². The summed E-state index contributed by atoms with van der Waals surface area (Å²) in [6.07, 6.45) is 2.82. The van der Waals surface area contributed by atoms with E-state index in [1.165, 1.54) is 0 Å². The first-order valence-electron chi connectivity index (χ1n) is 5.68. The average Bonchev–Trinajstić information content (AvgIpc) is 2.80. The predicted molar refractivity (Wildman–Crippen MR) is 61.3 cm³/mol. The molecule has 0 spiro atoms. The molecule has 0 bridgehead atoms. The lowest BCUT2D eigenvalue weighted by molar-refractivity contribution is 0.167. The Morgan fingerprint density at radius 2 is 2.50 bits per heavy atom. The van der Waals surface area contributed by atoms with Crippen LogP contribution in [0.3, 0.4) is 0 Å². The third-order valence-electron chi connectivity index (χ3n) is 2.74. The number of hydrogen-bond donors (Lipinski definition) is 1. The van der Waals surface area contributed by atoms with Gasteiger partial charge in [0.05, 0.1) is 25.1 Å². The molecule has 1 aliphatic rings. The van der Waals surface area contributed by atoms with Crippen LogP contribution >= 0.6 is 0 Å². The molecular weight excluding hydrogens is 204 g/mol. The summed E-state index contributed by atoms with van der Waals surface area (Å²) in [5, 5.41) is 0. The summed E-state index contributed by atoms with van der Waals surface area (Å²) in [4.78, 5) is 4.24. The van der Waals surface area contributed by atoms with E-state index in [4.69, 9.17) is 15.2 Å². The molecule has 0 aliphatic carbocycles. The summed E-state index contributed by atoms with van der Waals surface area (Å²) in [6.45, 7) is 4.29. The second kappa shape index (κ2) is 5.27. The zero-order chi connectivity index (χ0) is 11.4. The Labute approximate surface area is 95.8 Å². The van der Waals surface area contributed by atoms with Crippen LogP contribution in [0.1, 0.15) is 25.1 Å². The van der Waals surface area contributed by atoms with Gasteiger partial charge in [0, 0.05) is 18.6 Å². The van der Waals surface area contributed by atoms with E-state index >= 15 is 0 Å². The van der Waals surface area contributed by atoms with Gasteiger partial charge in [-0.05, 0) is 25.5 Å². The Bertz CT molecular complexity index is 318. The van der Waals surface area contributed by atoms with Gasteiger partial charge in [-0.2, -0.15) is 0 Å². The van der Waals surface area contributed by atoms with Crippen molar-refractivity contribution in [3.63, 3.8) is 0 Å². The molecule has 4 heteroatoms. The van der Waals surface area contributed by atoms with Gasteiger partial charge in [-0.1, -0.05) is 0 Å². The van der Waals surface area contributed by atoms with Crippen LogP contribution in [-0.4, -0.2) is 24.8 Å². The monoisotopic (exact) mass is 222 g/mol. The van der Waals surface area contributed by atoms with Crippen LogP contribution in [0.2, 0.25) is 0 Å². The molecule has 2 rings (SSSR count). The van der Waals surface area contributed by atoms with E-state index in [9.17, 15) is 0 Å². The standard InChI is InChI=1S/C12H18N2O2/c1-9(13)12-3-2-11(6-14-12)16-8-10-4-5-15-7-10/h2-3,6,9-10H,4-5,7-8,13H2,1H3/t9-,10?/m1/s1. The van der Waals surface area contributed by atoms with Crippen molar-refractivity contribution in [3.8, 4) is 5.75 Å². The molecule has 1 aromatic rings. The third kappa shape index (κ3) is 2.93. The fraction of sp³-hybridized carbons (Fsp3) is 0.583. The number of aromatic nitrogens is 1. The van der Waals surface area contributed by atoms with E-state index in [2.05, 4.69) is 4.98 Å². The summed E-state index contributed by atoms with van der Waals surface area (Å²) >= 11 is 0. The molecule has 0 amide bonds. The molecule has 16 heavy (non-hydrogen) atoms. The SMILES string of the molecule is C[C@@H](N)c1ccc(OCC2CCOC2)cn1. The molecule has 1 saturated heterocycles. The van der Waals surface area contributed by atoms with Crippen molar-refractivity contribution >= 4 is 0 Å². The topological polar surface area (TPSA) is 57.4 Å². The number of nitrogens with two attached hydrogens (primary N) is 1. The maximum Gasteiger partial charge on any atom is 0.137 e. The highest BCUT2D eigenvalue weighted by atomic mass is 16.5. The predicted octanol–water partition coefficient (Wildman–Crippen LogP) is 1.52. The Hall–Kier alpha value is -1.13. The van der Waals surface area contributed by atoms with Gasteiger partial charge in [0.2, 0.25) is 0 Å². The van der Waals surface area contributed by atoms with E-state index in [0.717, 1.165) is 31.1 Å². The van der Waals surface area contributed by atoms with Gasteiger partial charge in [-0.15, -0.1) is 0 Å². The fourth-order valence-electron chi connectivity index (χ4n) is 1.68. The molecule has 2 N–H and O–H groups in total. The van der Waals surface area contributed by atoms with Crippen LogP contribution in [0.15, 0.2) is 18.3 Å². The summed E-state index contributed by atoms with van der Waals surface area (Å²) < 4.78 is 10.9. The lowest BCUT2D eigenvalue weighted by atomic mass is 10.1. The number of ether oxygens (including phenoxy) is 2. The van der Waals surface area contributed by atoms with Crippen molar-refractivity contribution in [1.29, 1.82) is 0 Å². The maximum absolute atomic E-state index is 5.72. The molecule has 2 atom stereocenters. The molecule has 1 fully saturated rings. The van der Waals surface area contributed by atoms with Gasteiger partial charge in [-0.25, -0.2) is 0 Å². The van der Waals surface area contributed by atoms with Crippen molar-refractivity contribution in [1.82, 2.24) is 4.98 Å². The second-order valence-corrected chi connectivity index (χ2v) is 4.25. The summed E-state index contributed by atoms with van der Waals surface area (Å²) in [7, 11) is 0. The Morgan fingerprint density at radius 3 is 3.06 bits per heavy atom. The molecule has 0 radical (unpaired) electrons. The first-order chi connectivity index (χ1) is 7.75. The average molecular weight is 222 g/mol. The Kier molecular flexibility index (Phi) is 3.74. The molecule has 4 nitrogen and oxygen atoms in total. The highest BCUT2D eigenvalue weighted by Gasteiger charge is 2.16. The van der Waals surface area contributed by atoms with Crippen LogP contribution in [0, 0.1) is 5.92 Å². The van der Waals surface area contributed by atoms with Gasteiger partial charge < -0.3 is 15.2 Å². The Balaban J connectivity index is 1.84. The quantitative estimate of drug-likeness (QED) is 0.839. The molecule has 0 aromatic carbocycles. The van der Waals surface area contributed by atoms with Crippen LogP contribution in [0.4, 0.5) is 0 Å². The highest BCUT2D eigenvalue weighted by molar-refractivity contribution is 5.21. The van der Waals surface area contributed by atoms with E-state index in [1.807, 2.05) is 19.1 Å². The third-order valence-corrected chi connectivity index (χ3v) is 2.74. The number of hydrogen-bond acceptors (Lipinski definition) is 4. The molecule has 2 heterocycles. The largest absolute Gasteiger partial charge is 0.492 e. The molecule has 0 saturated carbocycles. The lowest BCUT2D eigenvalue weighted by Crippen LogP contribution is -2.12. The second-order valence-electron chi connectivity index (χ2n) is 4.25. The lowest BCUT2D eigenvalue weighted by Gasteiger charge is -2.11. The summed E-state index contributed by atoms with van der Waals surface area (Å²) in [5.74, 6) is 1.32. The molecule has 1 unspecified atom stereocenters. The molecule has 88 valence electrons. The smallest absolute Gasteiger partial charge is 0.137 e. The number of pyridine rings is 1. The molecule has 1 aromatic heterocycles. The highest BCUT2D eigenvalue weighted by Crippen LogP contribution is 2.16. The van der Waals surface area contributed by atoms with Crippen molar-refractivity contribution in [2.24, 2.45) is 11.7 Å². The van der Waals surface area contributed by atoms with Gasteiger partial charge in [0.15, 0.2) is 0 Å².